The van der Waals surface area contributed by atoms with E-state index in [1.807, 2.05) is 0 Å². The van der Waals surface area contributed by atoms with E-state index in [1.54, 1.807) is 37.5 Å². The van der Waals surface area contributed by atoms with Gasteiger partial charge in [-0.15, -0.1) is 0 Å². The van der Waals surface area contributed by atoms with Gasteiger partial charge in [-0.25, -0.2) is 4.21 Å². The quantitative estimate of drug-likeness (QED) is 0.283. The van der Waals surface area contributed by atoms with Crippen molar-refractivity contribution < 1.29 is 33.1 Å². The number of carbonyl (C=O) groups is 3. The number of anilines is 1. The monoisotopic (exact) mass is 519 g/mol. The van der Waals surface area contributed by atoms with Gasteiger partial charge in [-0.2, -0.15) is 9.37 Å². The van der Waals surface area contributed by atoms with Crippen molar-refractivity contribution >= 4 is 34.7 Å². The maximum Gasteiger partial charge on any atom is 0.252 e. The second-order valence-corrected chi connectivity index (χ2v) is 9.33. The Morgan fingerprint density at radius 2 is 1.94 bits per heavy atom. The summed E-state index contributed by atoms with van der Waals surface area (Å²) in [6.07, 6.45) is 2.80. The lowest BCUT2D eigenvalue weighted by molar-refractivity contribution is -0.155. The van der Waals surface area contributed by atoms with Crippen molar-refractivity contribution in [2.24, 2.45) is 0 Å². The summed E-state index contributed by atoms with van der Waals surface area (Å²) in [5.41, 5.74) is 0.836. The van der Waals surface area contributed by atoms with E-state index in [2.05, 4.69) is 4.98 Å². The summed E-state index contributed by atoms with van der Waals surface area (Å²) in [5, 5.41) is 10.9. The van der Waals surface area contributed by atoms with Gasteiger partial charge >= 0.3 is 0 Å². The highest BCUT2D eigenvalue weighted by atomic mass is 32.2. The molecule has 1 aromatic carbocycles. The highest BCUT2D eigenvalue weighted by Gasteiger charge is 2.41. The van der Waals surface area contributed by atoms with Gasteiger partial charge in [0.25, 0.3) is 5.91 Å². The highest BCUT2D eigenvalue weighted by Crippen LogP contribution is 2.23. The van der Waals surface area contributed by atoms with Crippen LogP contribution in [0.15, 0.2) is 48.8 Å². The smallest absolute Gasteiger partial charge is 0.252 e. The first-order chi connectivity index (χ1) is 17.1. The zero-order chi connectivity index (χ0) is 26.4. The van der Waals surface area contributed by atoms with Crippen molar-refractivity contribution in [3.05, 3.63) is 54.4 Å². The van der Waals surface area contributed by atoms with Crippen LogP contribution in [0.1, 0.15) is 18.9 Å². The number of pyridine rings is 1. The Bertz CT molecular complexity index is 1100. The first-order valence-corrected chi connectivity index (χ1v) is 12.2. The average Bonchev–Trinajstić information content (AvgIpc) is 2.87. The molecule has 36 heavy (non-hydrogen) atoms. The molecule has 0 spiro atoms. The number of aromatic nitrogens is 1. The molecule has 12 nitrogen and oxygen atoms in total. The molecule has 2 heterocycles. The number of rotatable bonds is 9. The number of likely N-dealkylation sites (N-methyl/N-ethyl adjacent to an activating group) is 1. The molecule has 13 heteroatoms. The third-order valence-corrected chi connectivity index (χ3v) is 6.59. The van der Waals surface area contributed by atoms with Gasteiger partial charge < -0.3 is 14.5 Å². The van der Waals surface area contributed by atoms with Crippen molar-refractivity contribution in [3.8, 4) is 5.75 Å². The number of amides is 3. The second-order valence-electron chi connectivity index (χ2n) is 8.35. The SMILES string of the molecule is COc1ccc(N(O)C(=O)CC2CN(C)C(=O)C(C)N2C(=O)CN(Cc2cccnc2)S(=O)O)cc1. The van der Waals surface area contributed by atoms with Crippen molar-refractivity contribution in [3.63, 3.8) is 0 Å². The van der Waals surface area contributed by atoms with E-state index >= 15 is 0 Å². The molecule has 1 aliphatic rings. The van der Waals surface area contributed by atoms with Crippen LogP contribution < -0.4 is 9.80 Å². The van der Waals surface area contributed by atoms with Gasteiger partial charge in [-0.05, 0) is 42.8 Å². The zero-order valence-corrected chi connectivity index (χ0v) is 21.0. The highest BCUT2D eigenvalue weighted by molar-refractivity contribution is 7.76. The number of hydroxylamine groups is 1. The summed E-state index contributed by atoms with van der Waals surface area (Å²) < 4.78 is 27.8. The molecule has 1 saturated heterocycles. The summed E-state index contributed by atoms with van der Waals surface area (Å²) >= 11 is -2.48. The third-order valence-electron chi connectivity index (χ3n) is 5.89. The number of methoxy groups -OCH3 is 1. The molecule has 0 radical (unpaired) electrons. The molecule has 194 valence electrons. The minimum absolute atomic E-state index is 0.0236. The van der Waals surface area contributed by atoms with Crippen LogP contribution in [-0.2, 0) is 32.2 Å². The minimum Gasteiger partial charge on any atom is -0.497 e. The summed E-state index contributed by atoms with van der Waals surface area (Å²) in [4.78, 5) is 45.5. The van der Waals surface area contributed by atoms with E-state index in [9.17, 15) is 28.4 Å². The normalized spacial score (nSPS) is 18.8. The van der Waals surface area contributed by atoms with Crippen molar-refractivity contribution in [2.45, 2.75) is 32.0 Å². The van der Waals surface area contributed by atoms with Gasteiger partial charge in [0.15, 0.2) is 0 Å². The van der Waals surface area contributed by atoms with Gasteiger partial charge in [0.2, 0.25) is 23.1 Å². The van der Waals surface area contributed by atoms with Crippen LogP contribution in [0.5, 0.6) is 5.75 Å². The molecule has 0 bridgehead atoms. The summed E-state index contributed by atoms with van der Waals surface area (Å²) in [6, 6.07) is 7.89. The number of benzene rings is 1. The fourth-order valence-electron chi connectivity index (χ4n) is 4.08. The predicted molar refractivity (Wildman–Crippen MR) is 130 cm³/mol. The standard InChI is InChI=1S/C23H29N5O7S/c1-16-23(31)25(2)14-19(11-21(29)28(32)18-6-8-20(35-3)9-7-18)27(16)22(30)15-26(36(33)34)13-17-5-4-10-24-12-17/h4-10,12,16,19,32H,11,13-15H2,1-3H3,(H,33,34). The third kappa shape index (κ3) is 6.43. The van der Waals surface area contributed by atoms with Gasteiger partial charge in [-0.3, -0.25) is 29.1 Å². The molecule has 0 aliphatic carbocycles. The molecule has 2 N–H and O–H groups in total. The second kappa shape index (κ2) is 12.0. The van der Waals surface area contributed by atoms with Gasteiger partial charge in [-0.1, -0.05) is 6.07 Å². The van der Waals surface area contributed by atoms with Crippen LogP contribution in [0.2, 0.25) is 0 Å². The Morgan fingerprint density at radius 3 is 2.53 bits per heavy atom. The van der Waals surface area contributed by atoms with Crippen LogP contribution >= 0.6 is 0 Å². The van der Waals surface area contributed by atoms with Crippen LogP contribution in [0.4, 0.5) is 5.69 Å². The van der Waals surface area contributed by atoms with Crippen LogP contribution in [0.25, 0.3) is 0 Å². The number of piperazine rings is 1. The average molecular weight is 520 g/mol. The first-order valence-electron chi connectivity index (χ1n) is 11.1. The molecule has 3 rings (SSSR count). The van der Waals surface area contributed by atoms with Crippen molar-refractivity contribution in [1.82, 2.24) is 19.1 Å². The minimum atomic E-state index is -2.48. The lowest BCUT2D eigenvalue weighted by Crippen LogP contribution is -2.63. The first kappa shape index (κ1) is 27.2. The van der Waals surface area contributed by atoms with Crippen LogP contribution in [0.3, 0.4) is 0 Å². The fraction of sp³-hybridized carbons (Fsp3) is 0.391. The van der Waals surface area contributed by atoms with E-state index < -0.39 is 41.7 Å². The lowest BCUT2D eigenvalue weighted by atomic mass is 10.0. The van der Waals surface area contributed by atoms with Crippen LogP contribution in [0, 0.1) is 0 Å². The molecule has 2 aromatic rings. The molecule has 1 fully saturated rings. The molecule has 1 aliphatic heterocycles. The predicted octanol–water partition coefficient (Wildman–Crippen LogP) is 0.899. The fourth-order valence-corrected chi connectivity index (χ4v) is 4.56. The molecule has 1 aromatic heterocycles. The van der Waals surface area contributed by atoms with Crippen molar-refractivity contribution in [1.29, 1.82) is 0 Å². The largest absolute Gasteiger partial charge is 0.497 e. The lowest BCUT2D eigenvalue weighted by Gasteiger charge is -2.44. The number of ether oxygens (including phenoxy) is 1. The topological polar surface area (TPSA) is 144 Å². The van der Waals surface area contributed by atoms with Gasteiger partial charge in [0, 0.05) is 32.5 Å². The Morgan fingerprint density at radius 1 is 1.25 bits per heavy atom. The summed E-state index contributed by atoms with van der Waals surface area (Å²) in [6.45, 7) is 1.10. The molecular formula is C23H29N5O7S. The number of carbonyl (C=O) groups excluding carboxylic acids is 3. The van der Waals surface area contributed by atoms with E-state index in [0.717, 1.165) is 4.31 Å². The Balaban J connectivity index is 1.77. The Labute approximate surface area is 211 Å². The molecular weight excluding hydrogens is 490 g/mol. The Kier molecular flexibility index (Phi) is 9.09. The number of hydrogen-bond acceptors (Lipinski definition) is 7. The Hall–Kier alpha value is -3.39. The van der Waals surface area contributed by atoms with E-state index in [-0.39, 0.29) is 31.1 Å². The van der Waals surface area contributed by atoms with E-state index in [0.29, 0.717) is 16.4 Å². The molecule has 0 saturated carbocycles. The van der Waals surface area contributed by atoms with Crippen LogP contribution in [-0.4, -0.2) is 90.1 Å². The summed E-state index contributed by atoms with van der Waals surface area (Å²) in [7, 11) is 3.06. The number of hydrogen-bond donors (Lipinski definition) is 2. The van der Waals surface area contributed by atoms with E-state index in [1.165, 1.54) is 42.2 Å². The molecule has 3 unspecified atom stereocenters. The zero-order valence-electron chi connectivity index (χ0n) is 20.2. The molecule has 3 amide bonds. The number of nitrogens with zero attached hydrogens (tertiary/aromatic N) is 5. The maximum absolute atomic E-state index is 13.3. The van der Waals surface area contributed by atoms with Gasteiger partial charge in [0.05, 0.1) is 31.8 Å². The van der Waals surface area contributed by atoms with Crippen molar-refractivity contribution in [2.75, 3.05) is 32.3 Å². The van der Waals surface area contributed by atoms with E-state index in [4.69, 9.17) is 4.74 Å². The molecule has 3 atom stereocenters. The summed E-state index contributed by atoms with van der Waals surface area (Å²) in [5.74, 6) is -1.06. The maximum atomic E-state index is 13.3. The van der Waals surface area contributed by atoms with Gasteiger partial charge in [0.1, 0.15) is 11.8 Å².